The number of aromatic hydroxyl groups is 1. The third-order valence-electron chi connectivity index (χ3n) is 3.51. The summed E-state index contributed by atoms with van der Waals surface area (Å²) in [5, 5.41) is 13.1. The number of hydrogen-bond donors (Lipinski definition) is 2. The highest BCUT2D eigenvalue weighted by Gasteiger charge is 2.27. The molecule has 2 N–H and O–H groups in total. The van der Waals surface area contributed by atoms with Gasteiger partial charge in [-0.2, -0.15) is 0 Å². The molecule has 1 fully saturated rings. The smallest absolute Gasteiger partial charge is 0.126 e. The molecular weight excluding hydrogens is 216 g/mol. The maximum absolute atomic E-state index is 9.75. The molecule has 92 valence electrons. The first-order chi connectivity index (χ1) is 8.33. The van der Waals surface area contributed by atoms with E-state index in [4.69, 9.17) is 4.74 Å². The summed E-state index contributed by atoms with van der Waals surface area (Å²) in [6, 6.07) is 5.50. The Morgan fingerprint density at radius 2 is 2.18 bits per heavy atom. The van der Waals surface area contributed by atoms with Gasteiger partial charge in [0.05, 0.1) is 0 Å². The van der Waals surface area contributed by atoms with E-state index in [1.807, 2.05) is 12.1 Å². The molecular formula is C13H18N2O2. The summed E-state index contributed by atoms with van der Waals surface area (Å²) in [5.41, 5.74) is 0.965. The topological polar surface area (TPSA) is 44.7 Å². The molecule has 0 spiro atoms. The van der Waals surface area contributed by atoms with Crippen molar-refractivity contribution in [3.63, 3.8) is 0 Å². The van der Waals surface area contributed by atoms with Gasteiger partial charge in [-0.3, -0.25) is 4.90 Å². The van der Waals surface area contributed by atoms with Crippen LogP contribution in [0, 0.1) is 0 Å². The van der Waals surface area contributed by atoms with E-state index in [-0.39, 0.29) is 6.10 Å². The number of nitrogens with zero attached hydrogens (tertiary/aromatic N) is 1. The first-order valence-electron chi connectivity index (χ1n) is 6.23. The van der Waals surface area contributed by atoms with Crippen molar-refractivity contribution in [2.75, 3.05) is 32.7 Å². The van der Waals surface area contributed by atoms with Crippen LogP contribution < -0.4 is 10.1 Å². The maximum Gasteiger partial charge on any atom is 0.126 e. The van der Waals surface area contributed by atoms with Gasteiger partial charge in [-0.05, 0) is 12.1 Å². The monoisotopic (exact) mass is 234 g/mol. The minimum Gasteiger partial charge on any atom is -0.508 e. The summed E-state index contributed by atoms with van der Waals surface area (Å²) >= 11 is 0. The normalized spacial score (nSPS) is 24.4. The van der Waals surface area contributed by atoms with Crippen LogP contribution in [-0.4, -0.2) is 48.8 Å². The Morgan fingerprint density at radius 1 is 1.35 bits per heavy atom. The lowest BCUT2D eigenvalue weighted by Crippen LogP contribution is -2.47. The lowest BCUT2D eigenvalue weighted by molar-refractivity contribution is 0.139. The van der Waals surface area contributed by atoms with Gasteiger partial charge < -0.3 is 15.2 Å². The second-order valence-electron chi connectivity index (χ2n) is 4.75. The van der Waals surface area contributed by atoms with Crippen LogP contribution in [0.1, 0.15) is 5.56 Å². The van der Waals surface area contributed by atoms with E-state index in [1.54, 1.807) is 6.07 Å². The number of piperazine rings is 1. The number of fused-ring (bicyclic) bond motifs is 1. The third kappa shape index (κ3) is 2.23. The molecule has 2 aliphatic rings. The van der Waals surface area contributed by atoms with Crippen molar-refractivity contribution in [2.24, 2.45) is 0 Å². The number of rotatable bonds is 2. The Morgan fingerprint density at radius 3 is 2.94 bits per heavy atom. The molecule has 0 bridgehead atoms. The molecule has 3 rings (SSSR count). The largest absolute Gasteiger partial charge is 0.508 e. The van der Waals surface area contributed by atoms with Crippen LogP contribution in [0.15, 0.2) is 18.2 Å². The highest BCUT2D eigenvalue weighted by Crippen LogP contribution is 2.35. The lowest BCUT2D eigenvalue weighted by Gasteiger charge is -2.29. The maximum atomic E-state index is 9.75. The number of nitrogens with one attached hydrogen (secondary N) is 1. The van der Waals surface area contributed by atoms with Gasteiger partial charge in [0, 0.05) is 44.7 Å². The van der Waals surface area contributed by atoms with Gasteiger partial charge in [0.15, 0.2) is 0 Å². The quantitative estimate of drug-likeness (QED) is 0.786. The van der Waals surface area contributed by atoms with Gasteiger partial charge in [0.1, 0.15) is 17.6 Å². The van der Waals surface area contributed by atoms with Crippen LogP contribution in [-0.2, 0) is 6.42 Å². The van der Waals surface area contributed by atoms with Gasteiger partial charge in [0.2, 0.25) is 0 Å². The molecule has 1 aromatic carbocycles. The van der Waals surface area contributed by atoms with Crippen molar-refractivity contribution >= 4 is 0 Å². The Hall–Kier alpha value is -1.26. The van der Waals surface area contributed by atoms with Gasteiger partial charge in [0.25, 0.3) is 0 Å². The van der Waals surface area contributed by atoms with Crippen LogP contribution in [0.5, 0.6) is 11.5 Å². The molecule has 0 radical (unpaired) electrons. The van der Waals surface area contributed by atoms with Gasteiger partial charge >= 0.3 is 0 Å². The number of hydrogen-bond acceptors (Lipinski definition) is 4. The number of benzene rings is 1. The fourth-order valence-electron chi connectivity index (χ4n) is 2.60. The SMILES string of the molecule is Oc1cccc2c1CC(CN1CCNCC1)O2. The summed E-state index contributed by atoms with van der Waals surface area (Å²) in [6.07, 6.45) is 1.02. The second-order valence-corrected chi connectivity index (χ2v) is 4.75. The molecule has 0 aliphatic carbocycles. The average Bonchev–Trinajstić information content (AvgIpc) is 2.74. The van der Waals surface area contributed by atoms with E-state index in [2.05, 4.69) is 10.2 Å². The van der Waals surface area contributed by atoms with Gasteiger partial charge in [-0.1, -0.05) is 6.07 Å². The lowest BCUT2D eigenvalue weighted by atomic mass is 10.1. The number of phenolic OH excluding ortho intramolecular Hbond substituents is 1. The number of ether oxygens (including phenoxy) is 1. The first-order valence-corrected chi connectivity index (χ1v) is 6.23. The Kier molecular flexibility index (Phi) is 2.91. The fraction of sp³-hybridized carbons (Fsp3) is 0.538. The minimum atomic E-state index is 0.191. The predicted octanol–water partition coefficient (Wildman–Crippen LogP) is 0.601. The van der Waals surface area contributed by atoms with Crippen LogP contribution in [0.4, 0.5) is 0 Å². The van der Waals surface area contributed by atoms with Gasteiger partial charge in [-0.15, -0.1) is 0 Å². The van der Waals surface area contributed by atoms with Crippen molar-refractivity contribution < 1.29 is 9.84 Å². The van der Waals surface area contributed by atoms with E-state index < -0.39 is 0 Å². The molecule has 2 aliphatic heterocycles. The zero-order valence-corrected chi connectivity index (χ0v) is 9.85. The van der Waals surface area contributed by atoms with E-state index in [0.29, 0.717) is 5.75 Å². The van der Waals surface area contributed by atoms with E-state index in [0.717, 1.165) is 50.5 Å². The highest BCUT2D eigenvalue weighted by atomic mass is 16.5. The van der Waals surface area contributed by atoms with Crippen LogP contribution in [0.3, 0.4) is 0 Å². The van der Waals surface area contributed by atoms with Crippen molar-refractivity contribution in [1.82, 2.24) is 10.2 Å². The molecule has 0 saturated carbocycles. The average molecular weight is 234 g/mol. The molecule has 4 heteroatoms. The van der Waals surface area contributed by atoms with E-state index in [9.17, 15) is 5.11 Å². The van der Waals surface area contributed by atoms with Crippen molar-refractivity contribution in [3.8, 4) is 11.5 Å². The van der Waals surface area contributed by atoms with Crippen molar-refractivity contribution in [2.45, 2.75) is 12.5 Å². The Bertz CT molecular complexity index is 402. The third-order valence-corrected chi connectivity index (χ3v) is 3.51. The molecule has 4 nitrogen and oxygen atoms in total. The first kappa shape index (κ1) is 10.9. The second kappa shape index (κ2) is 4.55. The summed E-state index contributed by atoms with van der Waals surface area (Å²) in [6.45, 7) is 5.25. The van der Waals surface area contributed by atoms with Crippen molar-refractivity contribution in [1.29, 1.82) is 0 Å². The zero-order valence-electron chi connectivity index (χ0n) is 9.85. The summed E-state index contributed by atoms with van der Waals surface area (Å²) in [4.78, 5) is 2.42. The molecule has 0 amide bonds. The molecule has 0 aromatic heterocycles. The summed E-state index contributed by atoms with van der Waals surface area (Å²) < 4.78 is 5.87. The predicted molar refractivity (Wildman–Crippen MR) is 65.5 cm³/mol. The summed E-state index contributed by atoms with van der Waals surface area (Å²) in [5.74, 6) is 1.22. The number of phenols is 1. The standard InChI is InChI=1S/C13H18N2O2/c16-12-2-1-3-13-11(12)8-10(17-13)9-15-6-4-14-5-7-15/h1-3,10,14,16H,4-9H2. The van der Waals surface area contributed by atoms with Crippen molar-refractivity contribution in [3.05, 3.63) is 23.8 Å². The minimum absolute atomic E-state index is 0.191. The van der Waals surface area contributed by atoms with E-state index >= 15 is 0 Å². The fourth-order valence-corrected chi connectivity index (χ4v) is 2.60. The zero-order chi connectivity index (χ0) is 11.7. The van der Waals surface area contributed by atoms with Crippen LogP contribution in [0.25, 0.3) is 0 Å². The van der Waals surface area contributed by atoms with Crippen LogP contribution >= 0.6 is 0 Å². The molecule has 1 aromatic rings. The van der Waals surface area contributed by atoms with Gasteiger partial charge in [-0.25, -0.2) is 0 Å². The molecule has 1 saturated heterocycles. The highest BCUT2D eigenvalue weighted by molar-refractivity contribution is 5.46. The Balaban J connectivity index is 1.63. The van der Waals surface area contributed by atoms with Crippen LogP contribution in [0.2, 0.25) is 0 Å². The molecule has 1 atom stereocenters. The summed E-state index contributed by atoms with van der Waals surface area (Å²) in [7, 11) is 0. The van der Waals surface area contributed by atoms with E-state index in [1.165, 1.54) is 0 Å². The molecule has 1 unspecified atom stereocenters. The molecule has 17 heavy (non-hydrogen) atoms. The molecule has 2 heterocycles. The Labute approximate surface area is 101 Å².